The molecule has 1 aromatic rings. The predicted octanol–water partition coefficient (Wildman–Crippen LogP) is 1.66. The maximum atomic E-state index is 11.5. The van der Waals surface area contributed by atoms with Gasteiger partial charge in [0.05, 0.1) is 0 Å². The van der Waals surface area contributed by atoms with Crippen LogP contribution >= 0.6 is 15.9 Å². The van der Waals surface area contributed by atoms with E-state index in [9.17, 15) is 4.79 Å². The lowest BCUT2D eigenvalue weighted by Gasteiger charge is -2.14. The standard InChI is InChI=1S/C10H15BrN2O/c1-3-8(12)6-13-7(2)9(11)4-5-10(13)14/h4-5,8H,3,6,12H2,1-2H3. The summed E-state index contributed by atoms with van der Waals surface area (Å²) < 4.78 is 2.65. The molecule has 0 radical (unpaired) electrons. The summed E-state index contributed by atoms with van der Waals surface area (Å²) in [4.78, 5) is 11.5. The predicted molar refractivity (Wildman–Crippen MR) is 61.4 cm³/mol. The number of rotatable bonds is 3. The summed E-state index contributed by atoms with van der Waals surface area (Å²) in [5.74, 6) is 0. The fourth-order valence-corrected chi connectivity index (χ4v) is 1.59. The Balaban J connectivity index is 3.07. The van der Waals surface area contributed by atoms with Crippen molar-refractivity contribution in [1.82, 2.24) is 4.57 Å². The Labute approximate surface area is 92.1 Å². The van der Waals surface area contributed by atoms with Crippen molar-refractivity contribution in [2.45, 2.75) is 32.9 Å². The molecular formula is C10H15BrN2O. The molecule has 0 spiro atoms. The van der Waals surface area contributed by atoms with Crippen LogP contribution in [0.3, 0.4) is 0 Å². The van der Waals surface area contributed by atoms with E-state index in [2.05, 4.69) is 15.9 Å². The van der Waals surface area contributed by atoms with Gasteiger partial charge in [-0.25, -0.2) is 0 Å². The van der Waals surface area contributed by atoms with Crippen LogP contribution in [0.15, 0.2) is 21.4 Å². The third-order valence-corrected chi connectivity index (χ3v) is 3.17. The summed E-state index contributed by atoms with van der Waals surface area (Å²) in [7, 11) is 0. The van der Waals surface area contributed by atoms with E-state index in [-0.39, 0.29) is 11.6 Å². The zero-order chi connectivity index (χ0) is 10.7. The van der Waals surface area contributed by atoms with Crippen molar-refractivity contribution in [2.24, 2.45) is 5.73 Å². The molecule has 1 unspecified atom stereocenters. The van der Waals surface area contributed by atoms with E-state index >= 15 is 0 Å². The molecule has 4 heteroatoms. The molecule has 1 aromatic heterocycles. The van der Waals surface area contributed by atoms with Crippen molar-refractivity contribution in [1.29, 1.82) is 0 Å². The summed E-state index contributed by atoms with van der Waals surface area (Å²) in [5, 5.41) is 0. The van der Waals surface area contributed by atoms with Crippen molar-refractivity contribution in [3.63, 3.8) is 0 Å². The van der Waals surface area contributed by atoms with E-state index in [0.29, 0.717) is 6.54 Å². The summed E-state index contributed by atoms with van der Waals surface area (Å²) in [6, 6.07) is 3.37. The summed E-state index contributed by atoms with van der Waals surface area (Å²) in [6.45, 7) is 4.51. The SMILES string of the molecule is CCC(N)Cn1c(C)c(Br)ccc1=O. The van der Waals surface area contributed by atoms with Gasteiger partial charge in [-0.05, 0) is 35.3 Å². The van der Waals surface area contributed by atoms with Crippen LogP contribution in [0.4, 0.5) is 0 Å². The highest BCUT2D eigenvalue weighted by molar-refractivity contribution is 9.10. The van der Waals surface area contributed by atoms with Gasteiger partial charge >= 0.3 is 0 Å². The average Bonchev–Trinajstić information content (AvgIpc) is 2.18. The van der Waals surface area contributed by atoms with Gasteiger partial charge in [0.25, 0.3) is 5.56 Å². The van der Waals surface area contributed by atoms with Crippen LogP contribution in [0.5, 0.6) is 0 Å². The third kappa shape index (κ3) is 2.45. The van der Waals surface area contributed by atoms with E-state index in [1.54, 1.807) is 16.7 Å². The molecule has 0 aromatic carbocycles. The second-order valence-corrected chi connectivity index (χ2v) is 4.24. The summed E-state index contributed by atoms with van der Waals surface area (Å²) in [5.41, 5.74) is 6.76. The van der Waals surface area contributed by atoms with E-state index in [0.717, 1.165) is 16.6 Å². The van der Waals surface area contributed by atoms with Gasteiger partial charge < -0.3 is 10.3 Å². The topological polar surface area (TPSA) is 48.0 Å². The van der Waals surface area contributed by atoms with Crippen molar-refractivity contribution in [2.75, 3.05) is 0 Å². The number of hydrogen-bond acceptors (Lipinski definition) is 2. The molecule has 1 rings (SSSR count). The third-order valence-electron chi connectivity index (χ3n) is 2.33. The fraction of sp³-hybridized carbons (Fsp3) is 0.500. The number of pyridine rings is 1. The average molecular weight is 259 g/mol. The first-order chi connectivity index (χ1) is 6.56. The Hall–Kier alpha value is -0.610. The lowest BCUT2D eigenvalue weighted by Crippen LogP contribution is -2.32. The minimum Gasteiger partial charge on any atom is -0.326 e. The Morgan fingerprint density at radius 2 is 2.21 bits per heavy atom. The first-order valence-electron chi connectivity index (χ1n) is 4.67. The summed E-state index contributed by atoms with van der Waals surface area (Å²) in [6.07, 6.45) is 0.873. The van der Waals surface area contributed by atoms with Crippen LogP contribution in [-0.4, -0.2) is 10.6 Å². The number of hydrogen-bond donors (Lipinski definition) is 1. The van der Waals surface area contributed by atoms with E-state index in [1.807, 2.05) is 13.8 Å². The van der Waals surface area contributed by atoms with Gasteiger partial charge in [-0.15, -0.1) is 0 Å². The van der Waals surface area contributed by atoms with Gasteiger partial charge in [0.2, 0.25) is 0 Å². The van der Waals surface area contributed by atoms with Gasteiger partial charge in [-0.2, -0.15) is 0 Å². The fourth-order valence-electron chi connectivity index (χ4n) is 1.24. The Morgan fingerprint density at radius 1 is 1.57 bits per heavy atom. The largest absolute Gasteiger partial charge is 0.326 e. The van der Waals surface area contributed by atoms with Gasteiger partial charge in [-0.1, -0.05) is 6.92 Å². The minimum absolute atomic E-state index is 0.00889. The lowest BCUT2D eigenvalue weighted by atomic mass is 10.2. The van der Waals surface area contributed by atoms with Gasteiger partial charge in [-0.3, -0.25) is 4.79 Å². The molecule has 1 heterocycles. The zero-order valence-electron chi connectivity index (χ0n) is 8.46. The van der Waals surface area contributed by atoms with Crippen LogP contribution in [0.2, 0.25) is 0 Å². The molecule has 0 aliphatic rings. The molecule has 14 heavy (non-hydrogen) atoms. The molecular weight excluding hydrogens is 244 g/mol. The second-order valence-electron chi connectivity index (χ2n) is 3.38. The normalized spacial score (nSPS) is 12.9. The molecule has 2 N–H and O–H groups in total. The smallest absolute Gasteiger partial charge is 0.250 e. The highest BCUT2D eigenvalue weighted by Crippen LogP contribution is 2.12. The molecule has 0 amide bonds. The van der Waals surface area contributed by atoms with Crippen molar-refractivity contribution in [3.8, 4) is 0 Å². The highest BCUT2D eigenvalue weighted by Gasteiger charge is 2.06. The Morgan fingerprint density at radius 3 is 2.79 bits per heavy atom. The molecule has 0 aliphatic carbocycles. The highest BCUT2D eigenvalue weighted by atomic mass is 79.9. The van der Waals surface area contributed by atoms with Gasteiger partial charge in [0.15, 0.2) is 0 Å². The lowest BCUT2D eigenvalue weighted by molar-refractivity contribution is 0.517. The van der Waals surface area contributed by atoms with E-state index < -0.39 is 0 Å². The molecule has 0 saturated heterocycles. The minimum atomic E-state index is 0.00889. The zero-order valence-corrected chi connectivity index (χ0v) is 10.0. The quantitative estimate of drug-likeness (QED) is 0.897. The number of nitrogens with two attached hydrogens (primary N) is 1. The first kappa shape index (κ1) is 11.5. The van der Waals surface area contributed by atoms with Gasteiger partial charge in [0.1, 0.15) is 0 Å². The van der Waals surface area contributed by atoms with Crippen LogP contribution < -0.4 is 11.3 Å². The van der Waals surface area contributed by atoms with Crippen molar-refractivity contribution in [3.05, 3.63) is 32.7 Å². The van der Waals surface area contributed by atoms with E-state index in [1.165, 1.54) is 0 Å². The van der Waals surface area contributed by atoms with Crippen LogP contribution in [0.25, 0.3) is 0 Å². The number of halogens is 1. The molecule has 3 nitrogen and oxygen atoms in total. The first-order valence-corrected chi connectivity index (χ1v) is 5.47. The maximum absolute atomic E-state index is 11.5. The second kappa shape index (κ2) is 4.75. The molecule has 0 fully saturated rings. The van der Waals surface area contributed by atoms with Crippen LogP contribution in [-0.2, 0) is 6.54 Å². The Kier molecular flexibility index (Phi) is 3.89. The van der Waals surface area contributed by atoms with Crippen molar-refractivity contribution >= 4 is 15.9 Å². The van der Waals surface area contributed by atoms with Gasteiger partial charge in [0, 0.05) is 28.8 Å². The Bertz CT molecular complexity index is 373. The van der Waals surface area contributed by atoms with Crippen molar-refractivity contribution < 1.29 is 0 Å². The molecule has 1 atom stereocenters. The maximum Gasteiger partial charge on any atom is 0.250 e. The molecule has 0 aliphatic heterocycles. The van der Waals surface area contributed by atoms with Crippen LogP contribution in [0, 0.1) is 6.92 Å². The molecule has 78 valence electrons. The van der Waals surface area contributed by atoms with Crippen LogP contribution in [0.1, 0.15) is 19.0 Å². The molecule has 0 saturated carbocycles. The summed E-state index contributed by atoms with van der Waals surface area (Å²) >= 11 is 3.39. The molecule has 0 bridgehead atoms. The number of nitrogens with zero attached hydrogens (tertiary/aromatic N) is 1. The van der Waals surface area contributed by atoms with E-state index in [4.69, 9.17) is 5.73 Å². The monoisotopic (exact) mass is 258 g/mol. The number of aromatic nitrogens is 1.